The average Bonchev–Trinajstić information content (AvgIpc) is 2.90. The number of nitrogens with one attached hydrogen (secondary N) is 2. The number of carbonyl (C=O) groups excluding carboxylic acids is 1. The molecule has 100 valence electrons. The Labute approximate surface area is 112 Å². The molecule has 0 radical (unpaired) electrons. The molecule has 1 heterocycles. The number of aromatic amines is 1. The third kappa shape index (κ3) is 2.23. The Kier molecular flexibility index (Phi) is 2.81. The van der Waals surface area contributed by atoms with Crippen molar-refractivity contribution in [2.75, 3.05) is 5.32 Å². The lowest BCUT2D eigenvalue weighted by Gasteiger charge is -2.25. The van der Waals surface area contributed by atoms with Crippen LogP contribution in [0.25, 0.3) is 11.0 Å². The molecule has 1 amide bonds. The van der Waals surface area contributed by atoms with E-state index in [0.717, 1.165) is 30.3 Å². The molecule has 3 rings (SSSR count). The maximum absolute atomic E-state index is 12.3. The van der Waals surface area contributed by atoms with Crippen molar-refractivity contribution in [1.29, 1.82) is 0 Å². The van der Waals surface area contributed by atoms with Crippen molar-refractivity contribution in [3.63, 3.8) is 0 Å². The van der Waals surface area contributed by atoms with Crippen LogP contribution in [0.2, 0.25) is 0 Å². The molecular formula is C15H19N3O. The molecule has 0 bridgehead atoms. The highest BCUT2D eigenvalue weighted by atomic mass is 16.2. The number of para-hydroxylation sites is 2. The number of benzene rings is 1. The molecule has 1 saturated carbocycles. The van der Waals surface area contributed by atoms with Gasteiger partial charge in [-0.3, -0.25) is 10.1 Å². The number of fused-ring (bicyclic) bond motifs is 1. The minimum absolute atomic E-state index is 0.0840. The molecule has 1 aromatic carbocycles. The van der Waals surface area contributed by atoms with Gasteiger partial charge in [-0.15, -0.1) is 0 Å². The summed E-state index contributed by atoms with van der Waals surface area (Å²) >= 11 is 0. The van der Waals surface area contributed by atoms with Gasteiger partial charge in [0.25, 0.3) is 0 Å². The van der Waals surface area contributed by atoms with Crippen LogP contribution in [0.4, 0.5) is 5.95 Å². The third-order valence-corrected chi connectivity index (χ3v) is 4.20. The highest BCUT2D eigenvalue weighted by molar-refractivity contribution is 5.93. The Morgan fingerprint density at radius 3 is 2.89 bits per heavy atom. The topological polar surface area (TPSA) is 57.8 Å². The fourth-order valence-corrected chi connectivity index (χ4v) is 3.03. The first kappa shape index (κ1) is 12.2. The lowest BCUT2D eigenvalue weighted by Crippen LogP contribution is -2.31. The second-order valence-electron chi connectivity index (χ2n) is 6.03. The molecule has 2 aromatic rings. The van der Waals surface area contributed by atoms with Gasteiger partial charge in [0.15, 0.2) is 0 Å². The number of hydrogen-bond acceptors (Lipinski definition) is 2. The van der Waals surface area contributed by atoms with Crippen molar-refractivity contribution < 1.29 is 4.79 Å². The van der Waals surface area contributed by atoms with Gasteiger partial charge in [0.05, 0.1) is 11.0 Å². The number of amides is 1. The van der Waals surface area contributed by atoms with Crippen LogP contribution < -0.4 is 5.32 Å². The van der Waals surface area contributed by atoms with E-state index in [0.29, 0.717) is 5.95 Å². The minimum Gasteiger partial charge on any atom is -0.324 e. The monoisotopic (exact) mass is 257 g/mol. The summed E-state index contributed by atoms with van der Waals surface area (Å²) in [5, 5.41) is 2.92. The Balaban J connectivity index is 1.79. The van der Waals surface area contributed by atoms with Crippen molar-refractivity contribution in [3.8, 4) is 0 Å². The fraction of sp³-hybridized carbons (Fsp3) is 0.467. The molecule has 1 atom stereocenters. The smallest absolute Gasteiger partial charge is 0.230 e. The molecule has 1 unspecified atom stereocenters. The number of imidazole rings is 1. The zero-order chi connectivity index (χ0) is 13.5. The van der Waals surface area contributed by atoms with Crippen LogP contribution in [0.3, 0.4) is 0 Å². The van der Waals surface area contributed by atoms with Gasteiger partial charge in [0, 0.05) is 5.92 Å². The highest BCUT2D eigenvalue weighted by Gasteiger charge is 2.39. The van der Waals surface area contributed by atoms with Gasteiger partial charge < -0.3 is 4.98 Å². The van der Waals surface area contributed by atoms with E-state index < -0.39 is 0 Å². The summed E-state index contributed by atoms with van der Waals surface area (Å²) in [7, 11) is 0. The normalized spacial score (nSPS) is 21.7. The van der Waals surface area contributed by atoms with E-state index in [4.69, 9.17) is 0 Å². The molecule has 1 aliphatic carbocycles. The lowest BCUT2D eigenvalue weighted by molar-refractivity contribution is -0.122. The summed E-state index contributed by atoms with van der Waals surface area (Å²) < 4.78 is 0. The first-order valence-electron chi connectivity index (χ1n) is 6.82. The number of carbonyl (C=O) groups is 1. The number of hydrogen-bond donors (Lipinski definition) is 2. The average molecular weight is 257 g/mol. The molecule has 1 aromatic heterocycles. The van der Waals surface area contributed by atoms with E-state index in [1.54, 1.807) is 0 Å². The van der Waals surface area contributed by atoms with Crippen LogP contribution in [0.15, 0.2) is 24.3 Å². The number of rotatable bonds is 2. The zero-order valence-corrected chi connectivity index (χ0v) is 11.4. The summed E-state index contributed by atoms with van der Waals surface area (Å²) in [6.45, 7) is 4.34. The molecule has 1 aliphatic rings. The van der Waals surface area contributed by atoms with Gasteiger partial charge in [-0.2, -0.15) is 0 Å². The van der Waals surface area contributed by atoms with Crippen LogP contribution in [-0.2, 0) is 4.79 Å². The lowest BCUT2D eigenvalue weighted by atomic mass is 9.81. The molecule has 19 heavy (non-hydrogen) atoms. The van der Waals surface area contributed by atoms with E-state index in [1.807, 2.05) is 24.3 Å². The standard InChI is InChI=1S/C15H19N3O/c1-15(2)9-5-6-10(15)13(19)18-14-16-11-7-3-4-8-12(11)17-14/h3-4,7-8,10H,5-6,9H2,1-2H3,(H2,16,17,18,19). The predicted molar refractivity (Wildman–Crippen MR) is 75.8 cm³/mol. The predicted octanol–water partition coefficient (Wildman–Crippen LogP) is 3.33. The largest absolute Gasteiger partial charge is 0.324 e. The Morgan fingerprint density at radius 1 is 1.42 bits per heavy atom. The Bertz CT molecular complexity index is 582. The van der Waals surface area contributed by atoms with E-state index in [1.165, 1.54) is 0 Å². The Morgan fingerprint density at radius 2 is 2.21 bits per heavy atom. The first-order chi connectivity index (χ1) is 9.06. The van der Waals surface area contributed by atoms with E-state index >= 15 is 0 Å². The summed E-state index contributed by atoms with van der Waals surface area (Å²) in [6, 6.07) is 7.78. The highest BCUT2D eigenvalue weighted by Crippen LogP contribution is 2.42. The molecule has 4 heteroatoms. The van der Waals surface area contributed by atoms with Gasteiger partial charge >= 0.3 is 0 Å². The SMILES string of the molecule is CC1(C)CCCC1C(=O)Nc1nc2ccccc2[nH]1. The molecule has 2 N–H and O–H groups in total. The van der Waals surface area contributed by atoms with E-state index in [9.17, 15) is 4.79 Å². The van der Waals surface area contributed by atoms with Crippen LogP contribution in [0, 0.1) is 11.3 Å². The van der Waals surface area contributed by atoms with Gasteiger partial charge in [0.2, 0.25) is 11.9 Å². The zero-order valence-electron chi connectivity index (χ0n) is 11.4. The van der Waals surface area contributed by atoms with Crippen LogP contribution in [0.1, 0.15) is 33.1 Å². The second-order valence-corrected chi connectivity index (χ2v) is 6.03. The van der Waals surface area contributed by atoms with Gasteiger partial charge in [0.1, 0.15) is 0 Å². The fourth-order valence-electron chi connectivity index (χ4n) is 3.03. The first-order valence-corrected chi connectivity index (χ1v) is 6.82. The third-order valence-electron chi connectivity index (χ3n) is 4.20. The van der Waals surface area contributed by atoms with Crippen LogP contribution in [0.5, 0.6) is 0 Å². The van der Waals surface area contributed by atoms with Gasteiger partial charge in [-0.1, -0.05) is 32.4 Å². The molecule has 0 spiro atoms. The van der Waals surface area contributed by atoms with Crippen molar-refractivity contribution in [1.82, 2.24) is 9.97 Å². The summed E-state index contributed by atoms with van der Waals surface area (Å²) in [4.78, 5) is 19.9. The van der Waals surface area contributed by atoms with Crippen molar-refractivity contribution in [3.05, 3.63) is 24.3 Å². The number of anilines is 1. The molecular weight excluding hydrogens is 238 g/mol. The maximum Gasteiger partial charge on any atom is 0.230 e. The quantitative estimate of drug-likeness (QED) is 0.867. The van der Waals surface area contributed by atoms with Crippen molar-refractivity contribution >= 4 is 22.9 Å². The van der Waals surface area contributed by atoms with Crippen molar-refractivity contribution in [2.45, 2.75) is 33.1 Å². The summed E-state index contributed by atoms with van der Waals surface area (Å²) in [5.74, 6) is 0.719. The second kappa shape index (κ2) is 4.37. The molecule has 1 fully saturated rings. The summed E-state index contributed by atoms with van der Waals surface area (Å²) in [5.41, 5.74) is 1.92. The van der Waals surface area contributed by atoms with E-state index in [2.05, 4.69) is 29.1 Å². The molecule has 0 aliphatic heterocycles. The van der Waals surface area contributed by atoms with E-state index in [-0.39, 0.29) is 17.2 Å². The van der Waals surface area contributed by atoms with Gasteiger partial charge in [-0.05, 0) is 30.4 Å². The maximum atomic E-state index is 12.3. The van der Waals surface area contributed by atoms with Crippen LogP contribution in [-0.4, -0.2) is 15.9 Å². The summed E-state index contributed by atoms with van der Waals surface area (Å²) in [6.07, 6.45) is 3.22. The van der Waals surface area contributed by atoms with Gasteiger partial charge in [-0.25, -0.2) is 4.98 Å². The Hall–Kier alpha value is -1.84. The van der Waals surface area contributed by atoms with Crippen LogP contribution >= 0.6 is 0 Å². The molecule has 0 saturated heterocycles. The minimum atomic E-state index is 0.0840. The number of aromatic nitrogens is 2. The number of nitrogens with zero attached hydrogens (tertiary/aromatic N) is 1. The molecule has 4 nitrogen and oxygen atoms in total. The number of H-pyrrole nitrogens is 1. The van der Waals surface area contributed by atoms with Crippen molar-refractivity contribution in [2.24, 2.45) is 11.3 Å².